The standard InChI is InChI=1S/C13H22O4/c1-9-6-11(16)7-12(2,3)13(9,17)5-4-10(15)8-14/h4-5,9-10,14-15,17H,6-8H2,1-3H3/b5-4+/t9-,10?,13-/m0/s1. The predicted octanol–water partition coefficient (Wildman–Crippen LogP) is 0.652. The summed E-state index contributed by atoms with van der Waals surface area (Å²) in [5, 5.41) is 28.7. The minimum Gasteiger partial charge on any atom is -0.393 e. The van der Waals surface area contributed by atoms with Crippen LogP contribution < -0.4 is 0 Å². The van der Waals surface area contributed by atoms with Gasteiger partial charge in [0.05, 0.1) is 18.3 Å². The van der Waals surface area contributed by atoms with Crippen LogP contribution in [0, 0.1) is 11.3 Å². The van der Waals surface area contributed by atoms with E-state index in [4.69, 9.17) is 5.11 Å². The third-order valence-corrected chi connectivity index (χ3v) is 3.77. The molecule has 98 valence electrons. The Morgan fingerprint density at radius 3 is 2.59 bits per heavy atom. The Balaban J connectivity index is 2.98. The average molecular weight is 242 g/mol. The van der Waals surface area contributed by atoms with Crippen LogP contribution in [-0.2, 0) is 4.79 Å². The molecule has 3 atom stereocenters. The van der Waals surface area contributed by atoms with E-state index < -0.39 is 17.1 Å². The van der Waals surface area contributed by atoms with Gasteiger partial charge in [-0.15, -0.1) is 0 Å². The van der Waals surface area contributed by atoms with Crippen molar-refractivity contribution >= 4 is 5.78 Å². The van der Waals surface area contributed by atoms with Crippen molar-refractivity contribution in [1.82, 2.24) is 0 Å². The van der Waals surface area contributed by atoms with Crippen LogP contribution in [0.15, 0.2) is 12.2 Å². The lowest BCUT2D eigenvalue weighted by molar-refractivity contribution is -0.142. The second kappa shape index (κ2) is 4.88. The highest BCUT2D eigenvalue weighted by Crippen LogP contribution is 2.46. The van der Waals surface area contributed by atoms with Crippen molar-refractivity contribution in [3.05, 3.63) is 12.2 Å². The van der Waals surface area contributed by atoms with Gasteiger partial charge in [0.15, 0.2) is 0 Å². The summed E-state index contributed by atoms with van der Waals surface area (Å²) in [5.41, 5.74) is -1.69. The minimum atomic E-state index is -1.13. The molecular formula is C13H22O4. The second-order valence-electron chi connectivity index (χ2n) is 5.64. The average Bonchev–Trinajstić information content (AvgIpc) is 2.22. The summed E-state index contributed by atoms with van der Waals surface area (Å²) in [7, 11) is 0. The molecule has 4 heteroatoms. The number of hydrogen-bond donors (Lipinski definition) is 3. The fourth-order valence-corrected chi connectivity index (χ4v) is 2.58. The Morgan fingerprint density at radius 2 is 2.12 bits per heavy atom. The molecule has 0 spiro atoms. The topological polar surface area (TPSA) is 77.8 Å². The summed E-state index contributed by atoms with van der Waals surface area (Å²) < 4.78 is 0. The Hall–Kier alpha value is -0.710. The van der Waals surface area contributed by atoms with Crippen molar-refractivity contribution in [1.29, 1.82) is 0 Å². The van der Waals surface area contributed by atoms with Crippen molar-refractivity contribution in [3.63, 3.8) is 0 Å². The highest BCUT2D eigenvalue weighted by Gasteiger charge is 2.50. The van der Waals surface area contributed by atoms with E-state index in [1.807, 2.05) is 20.8 Å². The number of carbonyl (C=O) groups is 1. The third-order valence-electron chi connectivity index (χ3n) is 3.77. The Morgan fingerprint density at radius 1 is 1.53 bits per heavy atom. The summed E-state index contributed by atoms with van der Waals surface area (Å²) >= 11 is 0. The largest absolute Gasteiger partial charge is 0.393 e. The van der Waals surface area contributed by atoms with Crippen molar-refractivity contribution in [2.24, 2.45) is 11.3 Å². The zero-order valence-corrected chi connectivity index (χ0v) is 10.7. The summed E-state index contributed by atoms with van der Waals surface area (Å²) in [4.78, 5) is 11.5. The van der Waals surface area contributed by atoms with Gasteiger partial charge in [0, 0.05) is 18.3 Å². The monoisotopic (exact) mass is 242 g/mol. The van der Waals surface area contributed by atoms with Crippen LogP contribution >= 0.6 is 0 Å². The lowest BCUT2D eigenvalue weighted by Crippen LogP contribution is -2.53. The van der Waals surface area contributed by atoms with Gasteiger partial charge in [-0.3, -0.25) is 4.79 Å². The summed E-state index contributed by atoms with van der Waals surface area (Å²) in [6.45, 7) is 5.14. The van der Waals surface area contributed by atoms with Crippen LogP contribution in [0.5, 0.6) is 0 Å². The quantitative estimate of drug-likeness (QED) is 0.635. The number of carbonyl (C=O) groups excluding carboxylic acids is 1. The molecule has 1 unspecified atom stereocenters. The molecule has 1 aliphatic carbocycles. The number of Topliss-reactive ketones (excluding diaryl/α,β-unsaturated/α-hetero) is 1. The highest BCUT2D eigenvalue weighted by atomic mass is 16.3. The second-order valence-corrected chi connectivity index (χ2v) is 5.64. The third kappa shape index (κ3) is 2.76. The smallest absolute Gasteiger partial charge is 0.133 e. The Bertz CT molecular complexity index is 321. The molecule has 1 aliphatic rings. The van der Waals surface area contributed by atoms with Crippen LogP contribution in [-0.4, -0.2) is 39.4 Å². The maximum absolute atomic E-state index is 11.5. The number of ketones is 1. The van der Waals surface area contributed by atoms with Crippen molar-refractivity contribution in [3.8, 4) is 0 Å². The molecule has 0 amide bonds. The molecule has 0 heterocycles. The normalized spacial score (nSPS) is 35.2. The van der Waals surface area contributed by atoms with E-state index in [0.29, 0.717) is 12.8 Å². The van der Waals surface area contributed by atoms with E-state index in [2.05, 4.69) is 0 Å². The SMILES string of the molecule is C[C@H]1CC(=O)CC(C)(C)[C@]1(O)/C=C/C(O)CO. The summed E-state index contributed by atoms with van der Waals surface area (Å²) in [5.74, 6) is -0.0378. The molecule has 0 saturated heterocycles. The van der Waals surface area contributed by atoms with Gasteiger partial charge in [0.1, 0.15) is 5.78 Å². The van der Waals surface area contributed by atoms with Gasteiger partial charge in [-0.2, -0.15) is 0 Å². The number of aliphatic hydroxyl groups excluding tert-OH is 2. The predicted molar refractivity (Wildman–Crippen MR) is 64.4 cm³/mol. The van der Waals surface area contributed by atoms with Gasteiger partial charge < -0.3 is 15.3 Å². The molecule has 0 radical (unpaired) electrons. The van der Waals surface area contributed by atoms with Crippen molar-refractivity contribution in [2.45, 2.75) is 45.3 Å². The Labute approximate surface area is 102 Å². The van der Waals surface area contributed by atoms with E-state index in [0.717, 1.165) is 0 Å². The lowest BCUT2D eigenvalue weighted by Gasteiger charge is -2.48. The zero-order chi connectivity index (χ0) is 13.3. The first-order chi connectivity index (χ1) is 7.73. The highest BCUT2D eigenvalue weighted by molar-refractivity contribution is 5.81. The van der Waals surface area contributed by atoms with Gasteiger partial charge >= 0.3 is 0 Å². The number of hydrogen-bond acceptors (Lipinski definition) is 4. The van der Waals surface area contributed by atoms with Gasteiger partial charge in [0.25, 0.3) is 0 Å². The van der Waals surface area contributed by atoms with Gasteiger partial charge in [-0.05, 0) is 5.92 Å². The first kappa shape index (κ1) is 14.4. The van der Waals surface area contributed by atoms with E-state index in [9.17, 15) is 15.0 Å². The molecule has 0 aromatic rings. The van der Waals surface area contributed by atoms with Crippen molar-refractivity contribution in [2.75, 3.05) is 6.61 Å². The molecule has 0 aromatic carbocycles. The first-order valence-corrected chi connectivity index (χ1v) is 5.95. The molecule has 0 aliphatic heterocycles. The fourth-order valence-electron chi connectivity index (χ4n) is 2.58. The Kier molecular flexibility index (Phi) is 4.12. The molecule has 0 aromatic heterocycles. The lowest BCUT2D eigenvalue weighted by atomic mass is 9.60. The molecule has 4 nitrogen and oxygen atoms in total. The zero-order valence-electron chi connectivity index (χ0n) is 10.7. The maximum atomic E-state index is 11.5. The molecule has 1 rings (SSSR count). The van der Waals surface area contributed by atoms with Crippen molar-refractivity contribution < 1.29 is 20.1 Å². The van der Waals surface area contributed by atoms with Crippen LogP contribution in [0.4, 0.5) is 0 Å². The van der Waals surface area contributed by atoms with Gasteiger partial charge in [-0.1, -0.05) is 32.9 Å². The first-order valence-electron chi connectivity index (χ1n) is 5.95. The van der Waals surface area contributed by atoms with Gasteiger partial charge in [0.2, 0.25) is 0 Å². The molecule has 1 saturated carbocycles. The minimum absolute atomic E-state index is 0.156. The summed E-state index contributed by atoms with van der Waals surface area (Å²) in [6.07, 6.45) is 2.63. The molecule has 17 heavy (non-hydrogen) atoms. The molecule has 0 bridgehead atoms. The van der Waals surface area contributed by atoms with E-state index >= 15 is 0 Å². The van der Waals surface area contributed by atoms with Crippen LogP contribution in [0.25, 0.3) is 0 Å². The number of aliphatic hydroxyl groups is 3. The van der Waals surface area contributed by atoms with E-state index in [1.54, 1.807) is 0 Å². The van der Waals surface area contributed by atoms with E-state index in [1.165, 1.54) is 12.2 Å². The van der Waals surface area contributed by atoms with E-state index in [-0.39, 0.29) is 18.3 Å². The van der Waals surface area contributed by atoms with Crippen LogP contribution in [0.1, 0.15) is 33.6 Å². The van der Waals surface area contributed by atoms with Crippen LogP contribution in [0.2, 0.25) is 0 Å². The maximum Gasteiger partial charge on any atom is 0.133 e. The van der Waals surface area contributed by atoms with Gasteiger partial charge in [-0.25, -0.2) is 0 Å². The number of rotatable bonds is 3. The fraction of sp³-hybridized carbons (Fsp3) is 0.769. The van der Waals surface area contributed by atoms with Crippen LogP contribution in [0.3, 0.4) is 0 Å². The molecule has 1 fully saturated rings. The molecular weight excluding hydrogens is 220 g/mol. The summed E-state index contributed by atoms with van der Waals surface area (Å²) in [6, 6.07) is 0. The molecule has 3 N–H and O–H groups in total.